The summed E-state index contributed by atoms with van der Waals surface area (Å²) in [5.74, 6) is 1.93. The number of rotatable bonds is 4. The van der Waals surface area contributed by atoms with Crippen molar-refractivity contribution in [2.24, 2.45) is 5.41 Å². The molecule has 0 aliphatic heterocycles. The van der Waals surface area contributed by atoms with Gasteiger partial charge < -0.3 is 4.98 Å². The van der Waals surface area contributed by atoms with E-state index in [9.17, 15) is 4.79 Å². The lowest BCUT2D eigenvalue weighted by molar-refractivity contribution is 0.258. The summed E-state index contributed by atoms with van der Waals surface area (Å²) >= 11 is 6.16. The van der Waals surface area contributed by atoms with Gasteiger partial charge in [0.15, 0.2) is 5.16 Å². The zero-order valence-corrected chi connectivity index (χ0v) is 11.5. The van der Waals surface area contributed by atoms with E-state index in [1.807, 2.05) is 0 Å². The van der Waals surface area contributed by atoms with E-state index in [0.29, 0.717) is 5.41 Å². The summed E-state index contributed by atoms with van der Waals surface area (Å²) in [6.45, 7) is 0. The number of thiol groups is 1. The lowest BCUT2D eigenvalue weighted by Gasteiger charge is -2.35. The second kappa shape index (κ2) is 5.96. The molecule has 0 aromatic carbocycles. The standard InChI is InChI=1S/C12H18N2OS2/c15-10-4-7-13-11(14-10)17-9-12(8-16)5-2-1-3-6-12/h4,7,16H,1-3,5-6,8-9H2,(H,13,14,15). The lowest BCUT2D eigenvalue weighted by atomic mass is 9.77. The normalized spacial score (nSPS) is 19.1. The molecule has 0 radical (unpaired) electrons. The van der Waals surface area contributed by atoms with E-state index < -0.39 is 0 Å². The Morgan fingerprint density at radius 3 is 2.82 bits per heavy atom. The SMILES string of the molecule is O=c1ccnc(SCC2(CS)CCCCC2)[nH]1. The molecule has 2 rings (SSSR count). The summed E-state index contributed by atoms with van der Waals surface area (Å²) in [6, 6.07) is 1.44. The Bertz CT molecular complexity index is 413. The summed E-state index contributed by atoms with van der Waals surface area (Å²) in [4.78, 5) is 18.1. The molecule has 0 amide bonds. The van der Waals surface area contributed by atoms with Crippen LogP contribution in [-0.2, 0) is 0 Å². The van der Waals surface area contributed by atoms with E-state index in [-0.39, 0.29) is 5.56 Å². The first kappa shape index (κ1) is 13.0. The Balaban J connectivity index is 1.98. The second-order valence-electron chi connectivity index (χ2n) is 4.75. The molecule has 0 unspecified atom stereocenters. The Kier molecular flexibility index (Phi) is 4.56. The van der Waals surface area contributed by atoms with Crippen LogP contribution in [0.1, 0.15) is 32.1 Å². The molecular formula is C12H18N2OS2. The number of aromatic nitrogens is 2. The van der Waals surface area contributed by atoms with Crippen molar-refractivity contribution in [3.63, 3.8) is 0 Å². The van der Waals surface area contributed by atoms with Crippen LogP contribution in [0, 0.1) is 5.41 Å². The molecule has 1 aromatic rings. The number of nitrogens with zero attached hydrogens (tertiary/aromatic N) is 1. The molecule has 1 aromatic heterocycles. The van der Waals surface area contributed by atoms with Gasteiger partial charge in [0.1, 0.15) is 0 Å². The first-order chi connectivity index (χ1) is 8.24. The maximum atomic E-state index is 11.2. The van der Waals surface area contributed by atoms with E-state index in [1.54, 1.807) is 18.0 Å². The number of hydrogen-bond donors (Lipinski definition) is 2. The van der Waals surface area contributed by atoms with E-state index >= 15 is 0 Å². The fraction of sp³-hybridized carbons (Fsp3) is 0.667. The van der Waals surface area contributed by atoms with Crippen LogP contribution in [0.2, 0.25) is 0 Å². The molecule has 94 valence electrons. The number of thioether (sulfide) groups is 1. The minimum absolute atomic E-state index is 0.0777. The van der Waals surface area contributed by atoms with Crippen molar-refractivity contribution in [1.82, 2.24) is 9.97 Å². The maximum Gasteiger partial charge on any atom is 0.251 e. The quantitative estimate of drug-likeness (QED) is 0.502. The Morgan fingerprint density at radius 1 is 1.41 bits per heavy atom. The van der Waals surface area contributed by atoms with Crippen LogP contribution in [0.3, 0.4) is 0 Å². The number of hydrogen-bond acceptors (Lipinski definition) is 4. The molecule has 0 atom stereocenters. The zero-order chi connectivity index (χ0) is 12.1. The topological polar surface area (TPSA) is 45.8 Å². The van der Waals surface area contributed by atoms with Crippen LogP contribution in [0.5, 0.6) is 0 Å². The molecule has 0 saturated heterocycles. The fourth-order valence-electron chi connectivity index (χ4n) is 2.30. The molecular weight excluding hydrogens is 252 g/mol. The van der Waals surface area contributed by atoms with Gasteiger partial charge in [-0.2, -0.15) is 12.6 Å². The minimum atomic E-state index is -0.0777. The summed E-state index contributed by atoms with van der Waals surface area (Å²) in [6.07, 6.45) is 8.02. The molecule has 3 nitrogen and oxygen atoms in total. The van der Waals surface area contributed by atoms with Gasteiger partial charge in [-0.05, 0) is 24.0 Å². The van der Waals surface area contributed by atoms with Gasteiger partial charge in [0.25, 0.3) is 5.56 Å². The van der Waals surface area contributed by atoms with Gasteiger partial charge in [-0.15, -0.1) is 0 Å². The molecule has 1 aliphatic rings. The summed E-state index contributed by atoms with van der Waals surface area (Å²) in [7, 11) is 0. The highest BCUT2D eigenvalue weighted by atomic mass is 32.2. The van der Waals surface area contributed by atoms with Crippen molar-refractivity contribution in [3.8, 4) is 0 Å². The van der Waals surface area contributed by atoms with Crippen molar-refractivity contribution in [1.29, 1.82) is 0 Å². The Labute approximate surface area is 111 Å². The number of nitrogens with one attached hydrogen (secondary N) is 1. The zero-order valence-electron chi connectivity index (χ0n) is 9.82. The number of aromatic amines is 1. The van der Waals surface area contributed by atoms with Gasteiger partial charge >= 0.3 is 0 Å². The Morgan fingerprint density at radius 2 is 2.18 bits per heavy atom. The first-order valence-corrected chi connectivity index (χ1v) is 7.65. The van der Waals surface area contributed by atoms with E-state index in [2.05, 4.69) is 22.6 Å². The predicted octanol–water partition coefficient (Wildman–Crippen LogP) is 2.74. The second-order valence-corrected chi connectivity index (χ2v) is 6.03. The van der Waals surface area contributed by atoms with Crippen molar-refractivity contribution in [2.45, 2.75) is 37.3 Å². The van der Waals surface area contributed by atoms with Gasteiger partial charge in [-0.1, -0.05) is 31.0 Å². The van der Waals surface area contributed by atoms with Gasteiger partial charge in [0.05, 0.1) is 0 Å². The lowest BCUT2D eigenvalue weighted by Crippen LogP contribution is -2.29. The van der Waals surface area contributed by atoms with E-state index in [0.717, 1.165) is 16.7 Å². The average Bonchev–Trinajstić information content (AvgIpc) is 2.38. The summed E-state index contributed by atoms with van der Waals surface area (Å²) in [5.41, 5.74) is 0.256. The third kappa shape index (κ3) is 3.52. The largest absolute Gasteiger partial charge is 0.301 e. The molecule has 0 spiro atoms. The van der Waals surface area contributed by atoms with Gasteiger partial charge in [0, 0.05) is 18.0 Å². The van der Waals surface area contributed by atoms with Gasteiger partial charge in [-0.25, -0.2) is 4.98 Å². The van der Waals surface area contributed by atoms with Crippen molar-refractivity contribution < 1.29 is 0 Å². The monoisotopic (exact) mass is 270 g/mol. The molecule has 1 saturated carbocycles. The third-order valence-electron chi connectivity index (χ3n) is 3.41. The highest BCUT2D eigenvalue weighted by Crippen LogP contribution is 2.40. The van der Waals surface area contributed by atoms with Crippen molar-refractivity contribution in [2.75, 3.05) is 11.5 Å². The maximum absolute atomic E-state index is 11.2. The third-order valence-corrected chi connectivity index (χ3v) is 5.32. The summed E-state index contributed by atoms with van der Waals surface area (Å²) in [5, 5.41) is 0.726. The molecule has 1 aliphatic carbocycles. The molecule has 1 fully saturated rings. The summed E-state index contributed by atoms with van der Waals surface area (Å²) < 4.78 is 0. The van der Waals surface area contributed by atoms with Crippen LogP contribution in [0.4, 0.5) is 0 Å². The average molecular weight is 270 g/mol. The Hall–Kier alpha value is -0.420. The van der Waals surface area contributed by atoms with Gasteiger partial charge in [-0.3, -0.25) is 4.79 Å². The smallest absolute Gasteiger partial charge is 0.251 e. The molecule has 5 heteroatoms. The predicted molar refractivity (Wildman–Crippen MR) is 75.0 cm³/mol. The highest BCUT2D eigenvalue weighted by molar-refractivity contribution is 7.99. The molecule has 1 N–H and O–H groups in total. The molecule has 1 heterocycles. The first-order valence-electron chi connectivity index (χ1n) is 6.03. The molecule has 0 bridgehead atoms. The van der Waals surface area contributed by atoms with Crippen LogP contribution < -0.4 is 5.56 Å². The van der Waals surface area contributed by atoms with Crippen LogP contribution in [0.25, 0.3) is 0 Å². The van der Waals surface area contributed by atoms with Crippen LogP contribution in [-0.4, -0.2) is 21.5 Å². The van der Waals surface area contributed by atoms with Gasteiger partial charge in [0.2, 0.25) is 0 Å². The minimum Gasteiger partial charge on any atom is -0.301 e. The van der Waals surface area contributed by atoms with Crippen molar-refractivity contribution in [3.05, 3.63) is 22.6 Å². The number of H-pyrrole nitrogens is 1. The van der Waals surface area contributed by atoms with E-state index in [4.69, 9.17) is 0 Å². The van der Waals surface area contributed by atoms with E-state index in [1.165, 1.54) is 38.2 Å². The van der Waals surface area contributed by atoms with Crippen LogP contribution in [0.15, 0.2) is 22.2 Å². The van der Waals surface area contributed by atoms with Crippen molar-refractivity contribution >= 4 is 24.4 Å². The fourth-order valence-corrected chi connectivity index (χ4v) is 4.02. The highest BCUT2D eigenvalue weighted by Gasteiger charge is 2.30. The molecule has 17 heavy (non-hydrogen) atoms. The van der Waals surface area contributed by atoms with Crippen LogP contribution >= 0.6 is 24.4 Å².